The van der Waals surface area contributed by atoms with E-state index in [2.05, 4.69) is 15.1 Å². The van der Waals surface area contributed by atoms with Gasteiger partial charge in [-0.2, -0.15) is 18.3 Å². The molecule has 2 aromatic rings. The summed E-state index contributed by atoms with van der Waals surface area (Å²) in [4.78, 5) is 16.1. The summed E-state index contributed by atoms with van der Waals surface area (Å²) >= 11 is 5.74. The largest absolute Gasteiger partial charge is 0.417 e. The van der Waals surface area contributed by atoms with Crippen LogP contribution in [0.2, 0.25) is 5.02 Å². The van der Waals surface area contributed by atoms with Crippen molar-refractivity contribution in [3.63, 3.8) is 0 Å². The van der Waals surface area contributed by atoms with Crippen molar-refractivity contribution in [2.75, 3.05) is 0 Å². The number of halogens is 4. The van der Waals surface area contributed by atoms with E-state index in [1.54, 1.807) is 7.05 Å². The Labute approximate surface area is 127 Å². The van der Waals surface area contributed by atoms with Crippen molar-refractivity contribution in [3.05, 3.63) is 52.3 Å². The number of carbonyl (C=O) groups is 1. The Bertz CT molecular complexity index is 726. The van der Waals surface area contributed by atoms with Gasteiger partial charge in [0.2, 0.25) is 0 Å². The number of aromatic nitrogens is 2. The number of oxime groups is 1. The summed E-state index contributed by atoms with van der Waals surface area (Å²) in [6.45, 7) is 0. The van der Waals surface area contributed by atoms with Crippen LogP contribution in [0.15, 0.2) is 35.6 Å². The fourth-order valence-electron chi connectivity index (χ4n) is 1.64. The van der Waals surface area contributed by atoms with E-state index < -0.39 is 17.7 Å². The lowest BCUT2D eigenvalue weighted by molar-refractivity contribution is -0.137. The molecule has 0 spiro atoms. The van der Waals surface area contributed by atoms with Crippen LogP contribution in [0.25, 0.3) is 0 Å². The summed E-state index contributed by atoms with van der Waals surface area (Å²) in [5, 5.41) is 7.06. The number of aryl methyl sites for hydroxylation is 1. The van der Waals surface area contributed by atoms with Crippen molar-refractivity contribution in [3.8, 4) is 0 Å². The Morgan fingerprint density at radius 2 is 2.09 bits per heavy atom. The molecule has 0 bridgehead atoms. The maximum absolute atomic E-state index is 12.8. The second kappa shape index (κ2) is 6.18. The maximum atomic E-state index is 12.8. The molecule has 5 nitrogen and oxygen atoms in total. The molecule has 0 unspecified atom stereocenters. The molecule has 0 saturated heterocycles. The third-order valence-electron chi connectivity index (χ3n) is 2.57. The van der Waals surface area contributed by atoms with Crippen LogP contribution in [0.4, 0.5) is 13.2 Å². The van der Waals surface area contributed by atoms with Crippen molar-refractivity contribution >= 4 is 23.8 Å². The maximum Gasteiger partial charge on any atom is 0.417 e. The van der Waals surface area contributed by atoms with Crippen LogP contribution in [0.3, 0.4) is 0 Å². The van der Waals surface area contributed by atoms with Gasteiger partial charge < -0.3 is 4.84 Å². The Kier molecular flexibility index (Phi) is 4.51. The molecule has 9 heteroatoms. The van der Waals surface area contributed by atoms with E-state index in [9.17, 15) is 18.0 Å². The average molecular weight is 332 g/mol. The summed E-state index contributed by atoms with van der Waals surface area (Å²) in [7, 11) is 1.55. The molecule has 22 heavy (non-hydrogen) atoms. The van der Waals surface area contributed by atoms with Gasteiger partial charge in [0, 0.05) is 18.8 Å². The lowest BCUT2D eigenvalue weighted by Crippen LogP contribution is -2.09. The molecule has 0 amide bonds. The smallest absolute Gasteiger partial charge is 0.311 e. The topological polar surface area (TPSA) is 56.5 Å². The van der Waals surface area contributed by atoms with Gasteiger partial charge in [-0.1, -0.05) is 35.0 Å². The second-order valence-electron chi connectivity index (χ2n) is 4.20. The first kappa shape index (κ1) is 16.0. The molecule has 1 aromatic carbocycles. The van der Waals surface area contributed by atoms with E-state index in [0.717, 1.165) is 12.3 Å². The van der Waals surface area contributed by atoms with E-state index in [-0.39, 0.29) is 16.3 Å². The number of carbonyl (C=O) groups excluding carboxylic acids is 1. The molecular weight excluding hydrogens is 323 g/mol. The summed E-state index contributed by atoms with van der Waals surface area (Å²) in [5.41, 5.74) is -1.29. The molecule has 0 aliphatic carbocycles. The number of alkyl halides is 3. The van der Waals surface area contributed by atoms with Crippen LogP contribution in [0.1, 0.15) is 21.6 Å². The third-order valence-corrected chi connectivity index (χ3v) is 2.85. The molecule has 0 saturated carbocycles. The van der Waals surface area contributed by atoms with Gasteiger partial charge >= 0.3 is 12.1 Å². The predicted octanol–water partition coefficient (Wildman–Crippen LogP) is 3.28. The van der Waals surface area contributed by atoms with Crippen LogP contribution in [0, 0.1) is 0 Å². The Morgan fingerprint density at radius 1 is 1.41 bits per heavy atom. The highest BCUT2D eigenvalue weighted by Crippen LogP contribution is 2.31. The monoisotopic (exact) mass is 331 g/mol. The van der Waals surface area contributed by atoms with Crippen LogP contribution in [-0.4, -0.2) is 22.0 Å². The first-order valence-electron chi connectivity index (χ1n) is 5.89. The van der Waals surface area contributed by atoms with Gasteiger partial charge in [-0.05, 0) is 6.07 Å². The number of benzene rings is 1. The van der Waals surface area contributed by atoms with Crippen LogP contribution >= 0.6 is 11.6 Å². The first-order chi connectivity index (χ1) is 10.3. The predicted molar refractivity (Wildman–Crippen MR) is 72.7 cm³/mol. The average Bonchev–Trinajstić information content (AvgIpc) is 2.77. The molecule has 0 atom stereocenters. The molecule has 116 valence electrons. The van der Waals surface area contributed by atoms with Crippen LogP contribution in [-0.2, 0) is 18.1 Å². The second-order valence-corrected chi connectivity index (χ2v) is 4.60. The standard InChI is InChI=1S/C13H9ClF3N3O2/c1-20-7-10(14)11(19-20)12(21)22-18-6-8-4-2-3-5-9(8)13(15,16)17/h2-7H,1H3/b18-6-. The molecule has 0 radical (unpaired) electrons. The van der Waals surface area contributed by atoms with E-state index in [1.807, 2.05) is 0 Å². The van der Waals surface area contributed by atoms with Gasteiger partial charge in [0.15, 0.2) is 5.69 Å². The first-order valence-corrected chi connectivity index (χ1v) is 6.27. The number of nitrogens with zero attached hydrogens (tertiary/aromatic N) is 3. The summed E-state index contributed by atoms with van der Waals surface area (Å²) in [6, 6.07) is 4.76. The Balaban J connectivity index is 2.14. The van der Waals surface area contributed by atoms with Crippen molar-refractivity contribution in [1.29, 1.82) is 0 Å². The van der Waals surface area contributed by atoms with E-state index in [0.29, 0.717) is 0 Å². The lowest BCUT2D eigenvalue weighted by Gasteiger charge is -2.08. The van der Waals surface area contributed by atoms with Gasteiger partial charge in [0.05, 0.1) is 16.8 Å². The highest BCUT2D eigenvalue weighted by molar-refractivity contribution is 6.33. The van der Waals surface area contributed by atoms with Crippen molar-refractivity contribution in [2.24, 2.45) is 12.2 Å². The number of hydrogen-bond donors (Lipinski definition) is 0. The number of hydrogen-bond acceptors (Lipinski definition) is 4. The fourth-order valence-corrected chi connectivity index (χ4v) is 1.90. The molecule has 0 aliphatic rings. The van der Waals surface area contributed by atoms with Crippen molar-refractivity contribution in [2.45, 2.75) is 6.18 Å². The minimum Gasteiger partial charge on any atom is -0.311 e. The zero-order valence-electron chi connectivity index (χ0n) is 11.1. The van der Waals surface area contributed by atoms with Gasteiger partial charge in [0.25, 0.3) is 0 Å². The third kappa shape index (κ3) is 3.64. The lowest BCUT2D eigenvalue weighted by atomic mass is 10.1. The van der Waals surface area contributed by atoms with Gasteiger partial charge in [0.1, 0.15) is 0 Å². The molecule has 0 aliphatic heterocycles. The SMILES string of the molecule is Cn1cc(Cl)c(C(=O)O/N=C\c2ccccc2C(F)(F)F)n1. The van der Waals surface area contributed by atoms with E-state index in [1.165, 1.54) is 29.1 Å². The molecule has 0 N–H and O–H groups in total. The van der Waals surface area contributed by atoms with E-state index >= 15 is 0 Å². The van der Waals surface area contributed by atoms with Gasteiger partial charge in [-0.25, -0.2) is 4.79 Å². The van der Waals surface area contributed by atoms with Crippen molar-refractivity contribution in [1.82, 2.24) is 9.78 Å². The Morgan fingerprint density at radius 3 is 2.68 bits per heavy atom. The zero-order valence-corrected chi connectivity index (χ0v) is 11.9. The van der Waals surface area contributed by atoms with Gasteiger partial charge in [-0.3, -0.25) is 4.68 Å². The Hall–Kier alpha value is -2.35. The molecular formula is C13H9ClF3N3O2. The quantitative estimate of drug-likeness (QED) is 0.492. The minimum atomic E-state index is -4.53. The number of rotatable bonds is 3. The highest BCUT2D eigenvalue weighted by Gasteiger charge is 2.32. The minimum absolute atomic E-state index is 0.0541. The molecule has 0 fully saturated rings. The van der Waals surface area contributed by atoms with E-state index in [4.69, 9.17) is 11.6 Å². The molecule has 2 rings (SSSR count). The normalized spacial score (nSPS) is 11.9. The summed E-state index contributed by atoms with van der Waals surface area (Å²) < 4.78 is 39.6. The highest BCUT2D eigenvalue weighted by atomic mass is 35.5. The van der Waals surface area contributed by atoms with Crippen LogP contribution < -0.4 is 0 Å². The van der Waals surface area contributed by atoms with Crippen LogP contribution in [0.5, 0.6) is 0 Å². The fraction of sp³-hybridized carbons (Fsp3) is 0.154. The molecule has 1 heterocycles. The molecule has 1 aromatic heterocycles. The van der Waals surface area contributed by atoms with Gasteiger partial charge in [-0.15, -0.1) is 0 Å². The van der Waals surface area contributed by atoms with Crippen molar-refractivity contribution < 1.29 is 22.8 Å². The zero-order chi connectivity index (χ0) is 16.3. The summed E-state index contributed by atoms with van der Waals surface area (Å²) in [5.74, 6) is -0.966. The summed E-state index contributed by atoms with van der Waals surface area (Å²) in [6.07, 6.45) is -2.35.